The third-order valence-corrected chi connectivity index (χ3v) is 20.4. The summed E-state index contributed by atoms with van der Waals surface area (Å²) in [6.07, 6.45) is 0. The number of nitrogens with zero attached hydrogens (tertiary/aromatic N) is 4. The molecule has 0 saturated carbocycles. The molecule has 0 atom stereocenters. The molecule has 0 unspecified atom stereocenters. The first-order valence-corrected chi connectivity index (χ1v) is 31.5. The zero-order valence-corrected chi connectivity index (χ0v) is 53.5. The fourth-order valence-corrected chi connectivity index (χ4v) is 15.5. The third-order valence-electron chi connectivity index (χ3n) is 19.3. The van der Waals surface area contributed by atoms with Crippen LogP contribution in [0.4, 0.5) is 34.1 Å². The summed E-state index contributed by atoms with van der Waals surface area (Å²) in [5.74, 6) is 0. The van der Waals surface area contributed by atoms with E-state index in [2.05, 4.69) is 295 Å². The van der Waals surface area contributed by atoms with E-state index in [1.54, 1.807) is 0 Å². The lowest BCUT2D eigenvalue weighted by atomic mass is 9.33. The molecule has 3 aromatic heterocycles. The molecule has 0 spiro atoms. The second-order valence-corrected chi connectivity index (χ2v) is 32.3. The Morgan fingerprint density at radius 3 is 1.38 bits per heavy atom. The number of fused-ring (bicyclic) bond motifs is 15. The summed E-state index contributed by atoms with van der Waals surface area (Å²) in [6, 6.07) is 60.9. The lowest BCUT2D eigenvalue weighted by Crippen LogP contribution is -2.62. The zero-order chi connectivity index (χ0) is 59.0. The largest absolute Gasteiger partial charge is 0.311 e. The highest BCUT2D eigenvalue weighted by atomic mass is 32.1. The molecule has 6 heterocycles. The molecule has 0 radical (unpaired) electrons. The van der Waals surface area contributed by atoms with Crippen LogP contribution >= 0.6 is 11.3 Å². The summed E-state index contributed by atoms with van der Waals surface area (Å²) >= 11 is 1.90. The van der Waals surface area contributed by atoms with Gasteiger partial charge in [-0.05, 0) is 179 Å². The maximum absolute atomic E-state index is 2.75. The highest BCUT2D eigenvalue weighted by Gasteiger charge is 2.48. The minimum atomic E-state index is -0.188. The maximum atomic E-state index is 2.75. The molecule has 15 rings (SSSR count). The predicted octanol–water partition coefficient (Wildman–Crippen LogP) is 20.4. The van der Waals surface area contributed by atoms with Crippen molar-refractivity contribution in [3.63, 3.8) is 0 Å². The van der Waals surface area contributed by atoms with Gasteiger partial charge in [-0.1, -0.05) is 179 Å². The van der Waals surface area contributed by atoms with E-state index in [1.807, 2.05) is 11.3 Å². The Labute approximate surface area is 501 Å². The van der Waals surface area contributed by atoms with Crippen molar-refractivity contribution >= 4 is 132 Å². The lowest BCUT2D eigenvalue weighted by molar-refractivity contribution is 0.589. The number of thiophene rings is 1. The molecule has 9 aromatic carbocycles. The van der Waals surface area contributed by atoms with E-state index in [4.69, 9.17) is 0 Å². The third kappa shape index (κ3) is 7.63. The topological polar surface area (TPSA) is 16.3 Å². The minimum Gasteiger partial charge on any atom is -0.311 e. The second kappa shape index (κ2) is 17.1. The predicted molar refractivity (Wildman–Crippen MR) is 368 cm³/mol. The number of hydrogen-bond acceptors (Lipinski definition) is 3. The highest BCUT2D eigenvalue weighted by Crippen LogP contribution is 2.56. The number of aromatic nitrogens is 2. The smallest absolute Gasteiger partial charge is 0.252 e. The SMILES string of the molecule is CC(C)(C)c1cc2c3c(c1)N1c4c(cc(C(C)(C)C)cc4-n4c5ccc(C(C)(C)C)cc5c5cc(C(C)(C)C)cc1c54)B3c1ccc(-n3c4ccc(C(C)(C)C)cc4c4cc(C(C)(C)C)ccc43)cc1N2c1cccc2sc3ccccc3c12. The Hall–Kier alpha value is -7.54. The molecular formula is C78H79BN4S. The van der Waals surface area contributed by atoms with Crippen molar-refractivity contribution < 1.29 is 0 Å². The average molecular weight is 1120 g/mol. The van der Waals surface area contributed by atoms with Crippen LogP contribution in [0.15, 0.2) is 152 Å². The van der Waals surface area contributed by atoms with Gasteiger partial charge in [0.2, 0.25) is 0 Å². The molecule has 0 aliphatic carbocycles. The van der Waals surface area contributed by atoms with E-state index in [-0.39, 0.29) is 39.2 Å². The highest BCUT2D eigenvalue weighted by molar-refractivity contribution is 7.26. The summed E-state index contributed by atoms with van der Waals surface area (Å²) in [7, 11) is 0. The van der Waals surface area contributed by atoms with Crippen molar-refractivity contribution in [1.82, 2.24) is 9.13 Å². The first-order chi connectivity index (χ1) is 39.4. The van der Waals surface area contributed by atoms with Crippen molar-refractivity contribution in [2.75, 3.05) is 9.80 Å². The molecule has 0 amide bonds. The van der Waals surface area contributed by atoms with E-state index in [0.29, 0.717) is 0 Å². The van der Waals surface area contributed by atoms with Crippen molar-refractivity contribution in [3.8, 4) is 11.4 Å². The summed E-state index contributed by atoms with van der Waals surface area (Å²) in [5, 5.41) is 7.83. The Morgan fingerprint density at radius 1 is 0.321 bits per heavy atom. The molecule has 84 heavy (non-hydrogen) atoms. The van der Waals surface area contributed by atoms with Gasteiger partial charge in [0.05, 0.1) is 44.8 Å². The van der Waals surface area contributed by atoms with Gasteiger partial charge in [-0.15, -0.1) is 11.3 Å². The lowest BCUT2D eigenvalue weighted by Gasteiger charge is -2.47. The van der Waals surface area contributed by atoms with Crippen LogP contribution in [0, 0.1) is 0 Å². The molecule has 0 bridgehead atoms. The summed E-state index contributed by atoms with van der Waals surface area (Å²) in [6.45, 7) is 42.5. The van der Waals surface area contributed by atoms with Crippen molar-refractivity contribution in [2.24, 2.45) is 0 Å². The fraction of sp³-hybridized carbons (Fsp3) is 0.308. The summed E-state index contributed by atoms with van der Waals surface area (Å²) in [5.41, 5.74) is 26.5. The monoisotopic (exact) mass is 1110 g/mol. The van der Waals surface area contributed by atoms with Gasteiger partial charge in [0.25, 0.3) is 6.71 Å². The van der Waals surface area contributed by atoms with Crippen LogP contribution in [0.1, 0.15) is 158 Å². The molecule has 3 aliphatic rings. The van der Waals surface area contributed by atoms with E-state index in [9.17, 15) is 0 Å². The maximum Gasteiger partial charge on any atom is 0.252 e. The Kier molecular flexibility index (Phi) is 10.8. The summed E-state index contributed by atoms with van der Waals surface area (Å²) < 4.78 is 7.84. The van der Waals surface area contributed by atoms with E-state index >= 15 is 0 Å². The standard InChI is InChI=1S/C78H79BN4S/c1-73(2,3)44-26-31-58-52(34-44)53-35-45(74(4,5)6)27-32-59(53)80(58)50-29-30-56-62(43-50)81(61-23-21-25-68-69(61)51-22-19-20-24-67(51)84-68)63-39-49(78(16,17)18)40-64-70(63)79(56)57-38-48(77(13,14)15)42-66-72(57)83(64)65-41-47(76(10,11)12)37-55-54-36-46(75(7,8)9)28-33-60(54)82(66)71(55)65/h19-43H,1-18H3. The van der Waals surface area contributed by atoms with Gasteiger partial charge in [0.15, 0.2) is 0 Å². The van der Waals surface area contributed by atoms with Crippen molar-refractivity contribution in [2.45, 2.75) is 157 Å². The molecule has 12 aromatic rings. The summed E-state index contributed by atoms with van der Waals surface area (Å²) in [4.78, 5) is 5.46. The fourth-order valence-electron chi connectivity index (χ4n) is 14.4. The number of hydrogen-bond donors (Lipinski definition) is 0. The first-order valence-electron chi connectivity index (χ1n) is 30.7. The molecule has 3 aliphatic heterocycles. The van der Waals surface area contributed by atoms with Crippen LogP contribution in [0.25, 0.3) is 75.2 Å². The van der Waals surface area contributed by atoms with Gasteiger partial charge in [-0.3, -0.25) is 0 Å². The van der Waals surface area contributed by atoms with Gasteiger partial charge < -0.3 is 18.9 Å². The van der Waals surface area contributed by atoms with Gasteiger partial charge in [-0.25, -0.2) is 0 Å². The number of rotatable bonds is 2. The van der Waals surface area contributed by atoms with Gasteiger partial charge in [0, 0.05) is 64.5 Å². The van der Waals surface area contributed by atoms with Crippen LogP contribution in [-0.4, -0.2) is 15.8 Å². The van der Waals surface area contributed by atoms with E-state index in [0.717, 1.165) is 5.69 Å². The van der Waals surface area contributed by atoms with Crippen LogP contribution < -0.4 is 26.2 Å². The zero-order valence-electron chi connectivity index (χ0n) is 52.7. The van der Waals surface area contributed by atoms with E-state index < -0.39 is 0 Å². The molecule has 4 nitrogen and oxygen atoms in total. The Morgan fingerprint density at radius 2 is 0.798 bits per heavy atom. The van der Waals surface area contributed by atoms with Gasteiger partial charge in [0.1, 0.15) is 0 Å². The quantitative estimate of drug-likeness (QED) is 0.160. The molecule has 420 valence electrons. The number of anilines is 6. The average Bonchev–Trinajstić information content (AvgIpc) is 1.12. The molecule has 0 fully saturated rings. The molecule has 0 N–H and O–H groups in total. The minimum absolute atomic E-state index is 0.00612. The van der Waals surface area contributed by atoms with Crippen LogP contribution in [-0.2, 0) is 32.5 Å². The normalized spacial score (nSPS) is 14.5. The first kappa shape index (κ1) is 53.2. The molecule has 0 saturated heterocycles. The Balaban J connectivity index is 1.11. The molecular weight excluding hydrogens is 1040 g/mol. The van der Waals surface area contributed by atoms with Crippen molar-refractivity contribution in [3.05, 3.63) is 185 Å². The van der Waals surface area contributed by atoms with Gasteiger partial charge in [-0.2, -0.15) is 0 Å². The van der Waals surface area contributed by atoms with Gasteiger partial charge >= 0.3 is 0 Å². The van der Waals surface area contributed by atoms with E-state index in [1.165, 1.54) is 153 Å². The van der Waals surface area contributed by atoms with Crippen molar-refractivity contribution in [1.29, 1.82) is 0 Å². The second-order valence-electron chi connectivity index (χ2n) is 31.2. The van der Waals surface area contributed by atoms with Crippen LogP contribution in [0.5, 0.6) is 0 Å². The number of benzene rings is 9. The van der Waals surface area contributed by atoms with Crippen LogP contribution in [0.2, 0.25) is 0 Å². The Bertz CT molecular complexity index is 4790. The van der Waals surface area contributed by atoms with Crippen LogP contribution in [0.3, 0.4) is 0 Å². The molecule has 6 heteroatoms.